The Bertz CT molecular complexity index is 696. The van der Waals surface area contributed by atoms with Gasteiger partial charge in [-0.15, -0.1) is 11.3 Å². The van der Waals surface area contributed by atoms with Gasteiger partial charge in [0.15, 0.2) is 0 Å². The third-order valence-corrected chi connectivity index (χ3v) is 4.04. The largest absolute Gasteiger partial charge is 0.352 e. The highest BCUT2D eigenvalue weighted by molar-refractivity contribution is 7.18. The van der Waals surface area contributed by atoms with Crippen molar-refractivity contribution in [3.05, 3.63) is 23.2 Å². The monoisotopic (exact) mass is 320 g/mol. The molecule has 22 heavy (non-hydrogen) atoms. The molecule has 6 nitrogen and oxygen atoms in total. The number of nitrogens with two attached hydrogens (primary N) is 1. The first-order chi connectivity index (χ1) is 10.3. The number of urea groups is 1. The molecule has 0 fully saturated rings. The average molecular weight is 320 g/mol. The summed E-state index contributed by atoms with van der Waals surface area (Å²) in [5.41, 5.74) is 6.73. The molecule has 0 bridgehead atoms. The number of primary amides is 1. The Balaban J connectivity index is 2.13. The molecule has 7 heteroatoms. The summed E-state index contributed by atoms with van der Waals surface area (Å²) in [6.07, 6.45) is 0.524. The van der Waals surface area contributed by atoms with Gasteiger partial charge in [0.25, 0.3) is 0 Å². The van der Waals surface area contributed by atoms with E-state index < -0.39 is 12.1 Å². The first-order valence-electron chi connectivity index (χ1n) is 7.09. The lowest BCUT2D eigenvalue weighted by Gasteiger charge is -2.19. The number of thiazole rings is 1. The van der Waals surface area contributed by atoms with Gasteiger partial charge in [0.2, 0.25) is 5.91 Å². The summed E-state index contributed by atoms with van der Waals surface area (Å²) in [6.45, 7) is 5.91. The number of carbonyl (C=O) groups is 2. The van der Waals surface area contributed by atoms with Crippen LogP contribution in [0.25, 0.3) is 10.2 Å². The number of carbonyl (C=O) groups excluding carboxylic acids is 2. The standard InChI is InChI=1S/C15H20N4O2S/c1-8(2)6-12(19-15(16)21)14(20)18-10-4-5-11-13(7-10)22-9(3)17-11/h4-5,7-8,12H,6H2,1-3H3,(H,18,20)(H3,16,19,21). The molecule has 1 aromatic heterocycles. The number of nitrogens with one attached hydrogen (secondary N) is 2. The zero-order valence-corrected chi connectivity index (χ0v) is 13.7. The van der Waals surface area contributed by atoms with Gasteiger partial charge < -0.3 is 16.4 Å². The Morgan fingerprint density at radius 3 is 2.73 bits per heavy atom. The SMILES string of the molecule is Cc1nc2ccc(NC(=O)C(CC(C)C)NC(N)=O)cc2s1. The van der Waals surface area contributed by atoms with Gasteiger partial charge in [-0.3, -0.25) is 4.79 Å². The molecule has 2 rings (SSSR count). The molecule has 0 spiro atoms. The zero-order valence-electron chi connectivity index (χ0n) is 12.8. The minimum atomic E-state index is -0.700. The van der Waals surface area contributed by atoms with Gasteiger partial charge in [-0.05, 0) is 37.5 Å². The Labute approximate surface area is 133 Å². The van der Waals surface area contributed by atoms with Crippen molar-refractivity contribution in [3.63, 3.8) is 0 Å². The van der Waals surface area contributed by atoms with Crippen LogP contribution in [0.2, 0.25) is 0 Å². The summed E-state index contributed by atoms with van der Waals surface area (Å²) in [7, 11) is 0. The number of nitrogens with zero attached hydrogens (tertiary/aromatic N) is 1. The van der Waals surface area contributed by atoms with Gasteiger partial charge in [-0.1, -0.05) is 13.8 Å². The number of anilines is 1. The molecule has 2 aromatic rings. The Morgan fingerprint density at radius 1 is 1.36 bits per heavy atom. The van der Waals surface area contributed by atoms with Crippen molar-refractivity contribution in [1.29, 1.82) is 0 Å². The summed E-state index contributed by atoms with van der Waals surface area (Å²) in [4.78, 5) is 27.8. The lowest BCUT2D eigenvalue weighted by atomic mass is 10.0. The van der Waals surface area contributed by atoms with Gasteiger partial charge in [0.05, 0.1) is 15.2 Å². The van der Waals surface area contributed by atoms with Gasteiger partial charge in [0, 0.05) is 5.69 Å². The topological polar surface area (TPSA) is 97.1 Å². The third-order valence-electron chi connectivity index (χ3n) is 3.10. The van der Waals surface area contributed by atoms with Crippen LogP contribution in [0.3, 0.4) is 0 Å². The number of benzene rings is 1. The number of amides is 3. The Kier molecular flexibility index (Phi) is 4.97. The normalized spacial score (nSPS) is 12.4. The summed E-state index contributed by atoms with van der Waals surface area (Å²) < 4.78 is 1.01. The van der Waals surface area contributed by atoms with Crippen LogP contribution in [0.1, 0.15) is 25.3 Å². The number of hydrogen-bond acceptors (Lipinski definition) is 4. The third kappa shape index (κ3) is 4.17. The van der Waals surface area contributed by atoms with E-state index in [0.29, 0.717) is 12.1 Å². The van der Waals surface area contributed by atoms with Crippen LogP contribution in [-0.4, -0.2) is 23.0 Å². The average Bonchev–Trinajstić information content (AvgIpc) is 2.76. The van der Waals surface area contributed by atoms with Gasteiger partial charge in [-0.25, -0.2) is 9.78 Å². The van der Waals surface area contributed by atoms with Crippen molar-refractivity contribution < 1.29 is 9.59 Å². The van der Waals surface area contributed by atoms with E-state index in [9.17, 15) is 9.59 Å². The van der Waals surface area contributed by atoms with E-state index in [2.05, 4.69) is 15.6 Å². The van der Waals surface area contributed by atoms with E-state index in [-0.39, 0.29) is 11.8 Å². The van der Waals surface area contributed by atoms with E-state index >= 15 is 0 Å². The van der Waals surface area contributed by atoms with Crippen molar-refractivity contribution in [2.24, 2.45) is 11.7 Å². The second kappa shape index (κ2) is 6.74. The first-order valence-corrected chi connectivity index (χ1v) is 7.91. The van der Waals surface area contributed by atoms with Crippen molar-refractivity contribution in [3.8, 4) is 0 Å². The van der Waals surface area contributed by atoms with Gasteiger partial charge in [0.1, 0.15) is 6.04 Å². The van der Waals surface area contributed by atoms with Crippen LogP contribution in [0.4, 0.5) is 10.5 Å². The molecule has 1 heterocycles. The van der Waals surface area contributed by atoms with E-state index in [1.165, 1.54) is 0 Å². The van der Waals surface area contributed by atoms with E-state index in [0.717, 1.165) is 15.2 Å². The molecule has 0 aliphatic carbocycles. The highest BCUT2D eigenvalue weighted by Gasteiger charge is 2.21. The molecule has 1 unspecified atom stereocenters. The van der Waals surface area contributed by atoms with E-state index in [4.69, 9.17) is 5.73 Å². The van der Waals surface area contributed by atoms with Gasteiger partial charge >= 0.3 is 6.03 Å². The summed E-state index contributed by atoms with van der Waals surface area (Å²) in [5, 5.41) is 6.29. The van der Waals surface area contributed by atoms with Crippen LogP contribution in [0.15, 0.2) is 18.2 Å². The van der Waals surface area contributed by atoms with Crippen LogP contribution in [-0.2, 0) is 4.79 Å². The predicted octanol–water partition coefficient (Wildman–Crippen LogP) is 2.63. The molecule has 0 saturated heterocycles. The maximum atomic E-state index is 12.3. The van der Waals surface area contributed by atoms with Crippen molar-refractivity contribution in [2.45, 2.75) is 33.2 Å². The molecule has 0 radical (unpaired) electrons. The van der Waals surface area contributed by atoms with Crippen LogP contribution in [0.5, 0.6) is 0 Å². The highest BCUT2D eigenvalue weighted by Crippen LogP contribution is 2.25. The summed E-state index contributed by atoms with van der Waals surface area (Å²) >= 11 is 1.57. The number of aromatic nitrogens is 1. The molecule has 0 aliphatic heterocycles. The number of hydrogen-bond donors (Lipinski definition) is 3. The van der Waals surface area contributed by atoms with Crippen LogP contribution in [0, 0.1) is 12.8 Å². The maximum absolute atomic E-state index is 12.3. The fourth-order valence-corrected chi connectivity index (χ4v) is 3.09. The highest BCUT2D eigenvalue weighted by atomic mass is 32.1. The predicted molar refractivity (Wildman–Crippen MR) is 88.9 cm³/mol. The van der Waals surface area contributed by atoms with Crippen molar-refractivity contribution in [1.82, 2.24) is 10.3 Å². The first kappa shape index (κ1) is 16.2. The molecule has 4 N–H and O–H groups in total. The molecule has 118 valence electrons. The van der Waals surface area contributed by atoms with Crippen molar-refractivity contribution >= 4 is 39.2 Å². The van der Waals surface area contributed by atoms with E-state index in [1.807, 2.05) is 32.9 Å². The smallest absolute Gasteiger partial charge is 0.312 e. The number of fused-ring (bicyclic) bond motifs is 1. The molecule has 1 aromatic carbocycles. The lowest BCUT2D eigenvalue weighted by Crippen LogP contribution is -2.46. The van der Waals surface area contributed by atoms with Crippen LogP contribution < -0.4 is 16.4 Å². The minimum Gasteiger partial charge on any atom is -0.352 e. The minimum absolute atomic E-state index is 0.259. The molecule has 1 atom stereocenters. The van der Waals surface area contributed by atoms with Crippen LogP contribution >= 0.6 is 11.3 Å². The van der Waals surface area contributed by atoms with Gasteiger partial charge in [-0.2, -0.15) is 0 Å². The second-order valence-corrected chi connectivity index (χ2v) is 6.83. The lowest BCUT2D eigenvalue weighted by molar-refractivity contribution is -0.118. The fourth-order valence-electron chi connectivity index (χ4n) is 2.22. The molecule has 3 amide bonds. The zero-order chi connectivity index (χ0) is 16.3. The maximum Gasteiger partial charge on any atom is 0.312 e. The molecular formula is C15H20N4O2S. The van der Waals surface area contributed by atoms with E-state index in [1.54, 1.807) is 17.4 Å². The van der Waals surface area contributed by atoms with Crippen molar-refractivity contribution in [2.75, 3.05) is 5.32 Å². The Morgan fingerprint density at radius 2 is 2.09 bits per heavy atom. The summed E-state index contributed by atoms with van der Waals surface area (Å²) in [5.74, 6) is -0.0117. The summed E-state index contributed by atoms with van der Waals surface area (Å²) in [6, 6.07) is 4.21. The molecular weight excluding hydrogens is 300 g/mol. The molecule has 0 aliphatic rings. The quantitative estimate of drug-likeness (QED) is 0.790. The number of rotatable bonds is 5. The fraction of sp³-hybridized carbons (Fsp3) is 0.400. The second-order valence-electron chi connectivity index (χ2n) is 5.60. The number of aryl methyl sites for hydroxylation is 1. The Hall–Kier alpha value is -2.15. The molecule has 0 saturated carbocycles.